The first-order valence-electron chi connectivity index (χ1n) is 7.91. The van der Waals surface area contributed by atoms with Crippen molar-refractivity contribution in [2.45, 2.75) is 0 Å². The number of carbonyl (C=O) groups is 1. The summed E-state index contributed by atoms with van der Waals surface area (Å²) in [6.45, 7) is 0. The van der Waals surface area contributed by atoms with Gasteiger partial charge in [0, 0.05) is 15.6 Å². The van der Waals surface area contributed by atoms with Crippen LogP contribution in [0.5, 0.6) is 11.5 Å². The normalized spacial score (nSPS) is 10.1. The molecule has 0 radical (unpaired) electrons. The van der Waals surface area contributed by atoms with Crippen LogP contribution in [0.2, 0.25) is 10.0 Å². The molecule has 0 aliphatic heterocycles. The highest BCUT2D eigenvalue weighted by molar-refractivity contribution is 7.80. The van der Waals surface area contributed by atoms with Crippen LogP contribution in [0.1, 0.15) is 10.4 Å². The van der Waals surface area contributed by atoms with Crippen LogP contribution in [0.15, 0.2) is 72.8 Å². The number of hydrogen-bond acceptors (Lipinski definition) is 3. The SMILES string of the molecule is O=C(NC(=S)Nc1cc(Cl)ccc1Oc1ccc(Cl)cc1)c1ccccc1. The summed E-state index contributed by atoms with van der Waals surface area (Å²) in [5, 5.41) is 6.82. The summed E-state index contributed by atoms with van der Waals surface area (Å²) in [4.78, 5) is 12.2. The van der Waals surface area contributed by atoms with Gasteiger partial charge in [0.2, 0.25) is 0 Å². The van der Waals surface area contributed by atoms with E-state index in [2.05, 4.69) is 10.6 Å². The third kappa shape index (κ3) is 5.44. The number of amides is 1. The minimum absolute atomic E-state index is 0.132. The summed E-state index contributed by atoms with van der Waals surface area (Å²) < 4.78 is 5.86. The van der Waals surface area contributed by atoms with Crippen LogP contribution >= 0.6 is 35.4 Å². The molecule has 7 heteroatoms. The number of rotatable bonds is 4. The zero-order valence-corrected chi connectivity index (χ0v) is 16.2. The second-order valence-corrected chi connectivity index (χ2v) is 6.75. The number of benzene rings is 3. The molecule has 0 fully saturated rings. The maximum atomic E-state index is 12.2. The van der Waals surface area contributed by atoms with Gasteiger partial charge >= 0.3 is 0 Å². The summed E-state index contributed by atoms with van der Waals surface area (Å²) in [5.74, 6) is 0.789. The van der Waals surface area contributed by atoms with Crippen molar-refractivity contribution in [2.24, 2.45) is 0 Å². The number of nitrogens with one attached hydrogen (secondary N) is 2. The van der Waals surface area contributed by atoms with Gasteiger partial charge in [-0.15, -0.1) is 0 Å². The molecular formula is C20H14Cl2N2O2S. The third-order valence-corrected chi connectivity index (χ3v) is 4.19. The van der Waals surface area contributed by atoms with Gasteiger partial charge in [-0.25, -0.2) is 0 Å². The van der Waals surface area contributed by atoms with Crippen molar-refractivity contribution in [1.29, 1.82) is 0 Å². The predicted molar refractivity (Wildman–Crippen MR) is 113 cm³/mol. The Hall–Kier alpha value is -2.60. The minimum atomic E-state index is -0.310. The van der Waals surface area contributed by atoms with Crippen molar-refractivity contribution in [2.75, 3.05) is 5.32 Å². The second kappa shape index (κ2) is 8.86. The van der Waals surface area contributed by atoms with Gasteiger partial charge in [0.1, 0.15) is 5.75 Å². The van der Waals surface area contributed by atoms with Crippen LogP contribution in [0.25, 0.3) is 0 Å². The van der Waals surface area contributed by atoms with Crippen LogP contribution in [-0.2, 0) is 0 Å². The molecule has 1 amide bonds. The van der Waals surface area contributed by atoms with Crippen molar-refractivity contribution >= 4 is 52.1 Å². The Labute approximate surface area is 172 Å². The molecule has 0 unspecified atom stereocenters. The fourth-order valence-corrected chi connectivity index (χ4v) is 2.74. The van der Waals surface area contributed by atoms with Gasteiger partial charge in [0.25, 0.3) is 5.91 Å². The molecule has 3 aromatic rings. The molecule has 0 aliphatic rings. The Morgan fingerprint density at radius 1 is 0.889 bits per heavy atom. The molecule has 2 N–H and O–H groups in total. The Bertz CT molecular complexity index is 963. The number of anilines is 1. The van der Waals surface area contributed by atoms with E-state index in [0.29, 0.717) is 32.8 Å². The summed E-state index contributed by atoms with van der Waals surface area (Å²) in [5.41, 5.74) is 1.03. The Balaban J connectivity index is 1.73. The lowest BCUT2D eigenvalue weighted by Gasteiger charge is -2.15. The van der Waals surface area contributed by atoms with Crippen LogP contribution < -0.4 is 15.4 Å². The van der Waals surface area contributed by atoms with E-state index in [9.17, 15) is 4.79 Å². The molecule has 3 rings (SSSR count). The van der Waals surface area contributed by atoms with Crippen molar-refractivity contribution in [3.05, 3.63) is 88.4 Å². The molecule has 4 nitrogen and oxygen atoms in total. The lowest BCUT2D eigenvalue weighted by molar-refractivity contribution is 0.0977. The summed E-state index contributed by atoms with van der Waals surface area (Å²) in [6, 6.07) is 20.8. The molecule has 0 saturated heterocycles. The minimum Gasteiger partial charge on any atom is -0.455 e. The number of carbonyl (C=O) groups excluding carboxylic acids is 1. The van der Waals surface area contributed by atoms with E-state index < -0.39 is 0 Å². The smallest absolute Gasteiger partial charge is 0.257 e. The molecule has 0 aromatic heterocycles. The first kappa shape index (κ1) is 19.2. The molecule has 0 aliphatic carbocycles. The molecule has 0 atom stereocenters. The largest absolute Gasteiger partial charge is 0.455 e. The molecule has 3 aromatic carbocycles. The number of halogens is 2. The van der Waals surface area contributed by atoms with E-state index in [1.165, 1.54) is 0 Å². The Morgan fingerprint density at radius 2 is 1.56 bits per heavy atom. The average molecular weight is 417 g/mol. The van der Waals surface area contributed by atoms with Gasteiger partial charge < -0.3 is 10.1 Å². The maximum Gasteiger partial charge on any atom is 0.257 e. The van der Waals surface area contributed by atoms with Crippen LogP contribution in [0.4, 0.5) is 5.69 Å². The zero-order valence-electron chi connectivity index (χ0n) is 13.9. The van der Waals surface area contributed by atoms with Crippen LogP contribution in [-0.4, -0.2) is 11.0 Å². The topological polar surface area (TPSA) is 50.4 Å². The molecule has 136 valence electrons. The molecule has 0 spiro atoms. The van der Waals surface area contributed by atoms with Gasteiger partial charge in [-0.2, -0.15) is 0 Å². The molecule has 0 saturated carbocycles. The van der Waals surface area contributed by atoms with Crippen molar-refractivity contribution in [3.8, 4) is 11.5 Å². The van der Waals surface area contributed by atoms with E-state index in [-0.39, 0.29) is 11.0 Å². The standard InChI is InChI=1S/C20H14Cl2N2O2S/c21-14-6-9-16(10-7-14)26-18-11-8-15(22)12-17(18)23-20(27)24-19(25)13-4-2-1-3-5-13/h1-12H,(H2,23,24,25,27). The van der Waals surface area contributed by atoms with Crippen molar-refractivity contribution in [3.63, 3.8) is 0 Å². The fourth-order valence-electron chi connectivity index (χ4n) is 2.24. The van der Waals surface area contributed by atoms with Gasteiger partial charge in [-0.05, 0) is 66.8 Å². The van der Waals surface area contributed by atoms with E-state index in [0.717, 1.165) is 0 Å². The monoisotopic (exact) mass is 416 g/mol. The molecule has 0 bridgehead atoms. The van der Waals surface area contributed by atoms with Crippen molar-refractivity contribution in [1.82, 2.24) is 5.32 Å². The second-order valence-electron chi connectivity index (χ2n) is 5.47. The van der Waals surface area contributed by atoms with E-state index in [4.69, 9.17) is 40.2 Å². The van der Waals surface area contributed by atoms with Gasteiger partial charge in [0.05, 0.1) is 5.69 Å². The van der Waals surface area contributed by atoms with Gasteiger partial charge in [-0.3, -0.25) is 10.1 Å². The highest BCUT2D eigenvalue weighted by Gasteiger charge is 2.11. The summed E-state index contributed by atoms with van der Waals surface area (Å²) in [6.07, 6.45) is 0. The Kier molecular flexibility index (Phi) is 6.29. The van der Waals surface area contributed by atoms with E-state index in [1.54, 1.807) is 66.7 Å². The summed E-state index contributed by atoms with van der Waals surface area (Å²) >= 11 is 17.2. The number of hydrogen-bond donors (Lipinski definition) is 2. The fraction of sp³-hybridized carbons (Fsp3) is 0. The maximum absolute atomic E-state index is 12.2. The molecular weight excluding hydrogens is 403 g/mol. The van der Waals surface area contributed by atoms with E-state index in [1.807, 2.05) is 6.07 Å². The average Bonchev–Trinajstić information content (AvgIpc) is 2.66. The quantitative estimate of drug-likeness (QED) is 0.518. The number of ether oxygens (including phenoxy) is 1. The van der Waals surface area contributed by atoms with Gasteiger partial charge in [0.15, 0.2) is 10.9 Å². The summed E-state index contributed by atoms with van der Waals surface area (Å²) in [7, 11) is 0. The molecule has 27 heavy (non-hydrogen) atoms. The zero-order chi connectivity index (χ0) is 19.2. The lowest BCUT2D eigenvalue weighted by Crippen LogP contribution is -2.34. The predicted octanol–water partition coefficient (Wildman–Crippen LogP) is 5.91. The van der Waals surface area contributed by atoms with E-state index >= 15 is 0 Å². The number of thiocarbonyl (C=S) groups is 1. The lowest BCUT2D eigenvalue weighted by atomic mass is 10.2. The van der Waals surface area contributed by atoms with Gasteiger partial charge in [-0.1, -0.05) is 41.4 Å². The third-order valence-electron chi connectivity index (χ3n) is 3.49. The van der Waals surface area contributed by atoms with Crippen molar-refractivity contribution < 1.29 is 9.53 Å². The van der Waals surface area contributed by atoms with Crippen LogP contribution in [0.3, 0.4) is 0 Å². The highest BCUT2D eigenvalue weighted by Crippen LogP contribution is 2.32. The first-order chi connectivity index (χ1) is 13.0. The molecule has 0 heterocycles. The van der Waals surface area contributed by atoms with Crippen LogP contribution in [0, 0.1) is 0 Å². The highest BCUT2D eigenvalue weighted by atomic mass is 35.5. The Morgan fingerprint density at radius 3 is 2.26 bits per heavy atom. The first-order valence-corrected chi connectivity index (χ1v) is 9.08.